The molecule has 9 heteroatoms. The average Bonchev–Trinajstić information content (AvgIpc) is 1.38. The standard InChI is InChI=1S/C109H81NO8/c1-3-5-7-9-11-13-15-17-19-21-25-115-45-37-43(38-46(40-45)116-26-22-20-18-16-14-12-10-8-6-4-2)41-110-42-108-103-95-87-77-67-59-51-49-50-53-57-55(51)63-71-65(57)75-69-61(53)62-54(50)58-56-52(49)60(59)68-74-64(56)72-66(58)76-70(62)80-79(69)91-85(75)93-83(71)89(81(87)73(63)67)97(103)99(93)105-101(91)102-92(80)86(76)94-84(72)90-82(74)88(78(68)77)96(95)104(108)98(90)100(94)106(102)109(105,108)107(110)44-23-24-47-48(39-44)118-36-34-114-32-30-112-28-27-111-29-31-113-33-35-117-47/h23-24,37-40,107H,3-22,25-36,41-42H2,1-2H3. The average molecular weight is 1530 g/mol. The number of rotatable bonds is 27. The minimum atomic E-state index is -0.638. The Bertz CT molecular complexity index is 8650. The summed E-state index contributed by atoms with van der Waals surface area (Å²) in [5.41, 5.74) is 8.06. The second-order valence-corrected chi connectivity index (χ2v) is 39.5. The van der Waals surface area contributed by atoms with Crippen molar-refractivity contribution in [2.45, 2.75) is 166 Å². The molecule has 1 atom stereocenters. The Morgan fingerprint density at radius 2 is 0.525 bits per heavy atom. The number of fused-ring (bicyclic) bond motifs is 1. The van der Waals surface area contributed by atoms with E-state index < -0.39 is 10.8 Å². The van der Waals surface area contributed by atoms with Gasteiger partial charge in [0.1, 0.15) is 24.7 Å². The molecule has 0 bridgehead atoms. The highest BCUT2D eigenvalue weighted by molar-refractivity contribution is 6.82. The van der Waals surface area contributed by atoms with Crippen LogP contribution in [-0.4, -0.2) is 90.7 Å². The predicted octanol–water partition coefficient (Wildman–Crippen LogP) is 28.0. The van der Waals surface area contributed by atoms with E-state index in [1.54, 1.807) is 313 Å². The molecule has 0 amide bonds. The van der Waals surface area contributed by atoms with Gasteiger partial charge in [-0.25, -0.2) is 0 Å². The lowest BCUT2D eigenvalue weighted by molar-refractivity contribution is -0.00842. The van der Waals surface area contributed by atoms with Gasteiger partial charge >= 0.3 is 0 Å². The van der Waals surface area contributed by atoms with Crippen molar-refractivity contribution in [3.05, 3.63) is 69.8 Å². The number of likely N-dealkylation sites (tertiary alicyclic amines) is 1. The monoisotopic (exact) mass is 1530 g/mol. The minimum Gasteiger partial charge on any atom is -0.493 e. The third kappa shape index (κ3) is 5.61. The fraction of sp³-hybridized carbons (Fsp3) is 0.358. The smallest absolute Gasteiger partial charge is 0.161 e. The van der Waals surface area contributed by atoms with Crippen molar-refractivity contribution in [1.29, 1.82) is 0 Å². The SMILES string of the molecule is CCCCCCCCCCCCOc1cc(CN2CC34c5c6c7c8c9c%10c(c%11c%12c3c3c5c5c%13c6c6c7c7c9c9c%14c%10c%10c%11c%11c%12c%12c3c3c5c5c%13c%13c6c6c7c9c7c9c%14c%10c%10c%11c%11c%12c3c3c5c5c%13c6c7c6c9c%10c%11c3c56)C84C2c2ccc3c(c2)OCCOCCOCCOCCOCCO3)cc(OCCCCCCCCCCCC)c1. The van der Waals surface area contributed by atoms with E-state index >= 15 is 0 Å². The predicted molar refractivity (Wildman–Crippen MR) is 489 cm³/mol. The van der Waals surface area contributed by atoms with Crippen LogP contribution in [0.3, 0.4) is 0 Å². The van der Waals surface area contributed by atoms with Gasteiger partial charge in [-0.1, -0.05) is 135 Å². The largest absolute Gasteiger partial charge is 0.493 e. The van der Waals surface area contributed by atoms with Crippen LogP contribution in [-0.2, 0) is 36.3 Å². The van der Waals surface area contributed by atoms with Crippen LogP contribution in [0.4, 0.5) is 0 Å². The van der Waals surface area contributed by atoms with Crippen molar-refractivity contribution in [2.75, 3.05) is 85.8 Å². The molecular weight excluding hydrogens is 1450 g/mol. The molecule has 0 saturated carbocycles. The van der Waals surface area contributed by atoms with Crippen LogP contribution in [0, 0.1) is 0 Å². The summed E-state index contributed by atoms with van der Waals surface area (Å²) in [6.45, 7) is 12.2. The minimum absolute atomic E-state index is 0.200. The van der Waals surface area contributed by atoms with Crippen molar-refractivity contribution in [3.8, 4) is 23.0 Å². The molecule has 570 valence electrons. The van der Waals surface area contributed by atoms with Gasteiger partial charge in [-0.2, -0.15) is 0 Å². The number of nitrogens with zero attached hydrogens (tertiary/aromatic N) is 1. The molecule has 30 aromatic rings. The van der Waals surface area contributed by atoms with Gasteiger partial charge in [0.25, 0.3) is 0 Å². The second kappa shape index (κ2) is 19.5. The Morgan fingerprint density at radius 3 is 0.822 bits per heavy atom. The van der Waals surface area contributed by atoms with Gasteiger partial charge in [-0.3, -0.25) is 4.90 Å². The van der Waals surface area contributed by atoms with Crippen molar-refractivity contribution in [1.82, 2.24) is 4.90 Å². The lowest BCUT2D eigenvalue weighted by atomic mass is 9.47. The van der Waals surface area contributed by atoms with E-state index in [4.69, 9.17) is 37.9 Å². The zero-order chi connectivity index (χ0) is 75.0. The molecule has 2 heterocycles. The van der Waals surface area contributed by atoms with E-state index in [0.29, 0.717) is 85.8 Å². The van der Waals surface area contributed by atoms with E-state index in [-0.39, 0.29) is 6.04 Å². The Hall–Kier alpha value is -10.1. The molecule has 0 N–H and O–H groups in total. The van der Waals surface area contributed by atoms with Crippen molar-refractivity contribution in [2.24, 2.45) is 0 Å². The van der Waals surface area contributed by atoms with Crippen LogP contribution in [0.25, 0.3) is 291 Å². The molecule has 9 nitrogen and oxygen atoms in total. The van der Waals surface area contributed by atoms with Gasteiger partial charge < -0.3 is 37.9 Å². The van der Waals surface area contributed by atoms with Crippen LogP contribution in [0.5, 0.6) is 23.0 Å². The molecule has 0 radical (unpaired) electrons. The van der Waals surface area contributed by atoms with Crippen LogP contribution in [0.2, 0.25) is 0 Å². The molecule has 0 aromatic heterocycles. The summed E-state index contributed by atoms with van der Waals surface area (Å²) < 4.78 is 53.3. The zero-order valence-electron chi connectivity index (χ0n) is 66.8. The maximum Gasteiger partial charge on any atom is 0.161 e. The molecule has 118 heavy (non-hydrogen) atoms. The number of hydrogen-bond donors (Lipinski definition) is 0. The maximum atomic E-state index is 7.32. The lowest BCUT2D eigenvalue weighted by Gasteiger charge is -2.52. The summed E-state index contributed by atoms with van der Waals surface area (Å²) in [7, 11) is 0. The molecule has 1 unspecified atom stereocenters. The Morgan fingerprint density at radius 1 is 0.271 bits per heavy atom. The van der Waals surface area contributed by atoms with Gasteiger partial charge in [0.2, 0.25) is 0 Å². The van der Waals surface area contributed by atoms with Crippen LogP contribution in [0.15, 0.2) is 36.4 Å². The first kappa shape index (κ1) is 61.2. The number of ether oxygens (including phenoxy) is 8. The number of hydrogen-bond acceptors (Lipinski definition) is 9. The molecule has 30 aromatic carbocycles. The molecule has 36 rings (SSSR count). The van der Waals surface area contributed by atoms with Gasteiger partial charge in [-0.05, 0) is 361 Å². The van der Waals surface area contributed by atoms with Crippen molar-refractivity contribution in [3.63, 3.8) is 0 Å². The van der Waals surface area contributed by atoms with E-state index in [1.165, 1.54) is 127 Å². The first-order chi connectivity index (χ1) is 58.7. The summed E-state index contributed by atoms with van der Waals surface area (Å²) in [4.78, 5) is 3.10. The molecule has 1 saturated heterocycles. The van der Waals surface area contributed by atoms with Crippen molar-refractivity contribution < 1.29 is 37.9 Å². The molecule has 2 spiro atoms. The molecule has 2 aliphatic heterocycles. The summed E-state index contributed by atoms with van der Waals surface area (Å²) in [6.07, 6.45) is 25.9. The van der Waals surface area contributed by atoms with Crippen LogP contribution in [0.1, 0.15) is 182 Å². The second-order valence-electron chi connectivity index (χ2n) is 39.5. The van der Waals surface area contributed by atoms with Gasteiger partial charge in [0.15, 0.2) is 11.5 Å². The van der Waals surface area contributed by atoms with Gasteiger partial charge in [0, 0.05) is 19.2 Å². The number of benzene rings is 20. The van der Waals surface area contributed by atoms with Gasteiger partial charge in [0.05, 0.1) is 82.9 Å². The van der Waals surface area contributed by atoms with Gasteiger partial charge in [-0.15, -0.1) is 0 Å². The first-order valence-corrected chi connectivity index (χ1v) is 46.3. The Labute approximate surface area is 673 Å². The highest BCUT2D eigenvalue weighted by Crippen LogP contribution is 2.87. The third-order valence-corrected chi connectivity index (χ3v) is 35.0. The Balaban J connectivity index is 0.655. The summed E-state index contributed by atoms with van der Waals surface area (Å²) in [5.74, 6) is 3.37. The highest BCUT2D eigenvalue weighted by Gasteiger charge is 2.76. The quantitative estimate of drug-likeness (QED) is 0.0370. The fourth-order valence-corrected chi connectivity index (χ4v) is 32.3. The topological polar surface area (TPSA) is 77.1 Å². The summed E-state index contributed by atoms with van der Waals surface area (Å²) in [6, 6.07) is 14.3. The lowest BCUT2D eigenvalue weighted by Crippen LogP contribution is -2.51. The number of unbranched alkanes of at least 4 members (excludes halogenated alkanes) is 18. The highest BCUT2D eigenvalue weighted by atomic mass is 16.6. The first-order valence-electron chi connectivity index (χ1n) is 46.3. The molecule has 6 aliphatic rings. The molecule has 4 aliphatic carbocycles. The summed E-state index contributed by atoms with van der Waals surface area (Å²) >= 11 is 0. The zero-order valence-corrected chi connectivity index (χ0v) is 66.8. The van der Waals surface area contributed by atoms with Crippen LogP contribution < -0.4 is 18.9 Å². The van der Waals surface area contributed by atoms with E-state index in [2.05, 4.69) is 55.1 Å². The maximum absolute atomic E-state index is 7.32. The van der Waals surface area contributed by atoms with E-state index in [0.717, 1.165) is 42.4 Å². The van der Waals surface area contributed by atoms with Crippen molar-refractivity contribution >= 4 is 291 Å². The normalized spacial score (nSPS) is 20.6. The third-order valence-electron chi connectivity index (χ3n) is 35.0. The Kier molecular flexibility index (Phi) is 10.1. The molecular formula is C109H81NO8. The summed E-state index contributed by atoms with van der Waals surface area (Å²) in [5, 5.41) is 87.4. The van der Waals surface area contributed by atoms with Crippen LogP contribution >= 0.6 is 0 Å². The molecule has 1 fully saturated rings. The van der Waals surface area contributed by atoms with E-state index in [9.17, 15) is 0 Å². The fourth-order valence-electron chi connectivity index (χ4n) is 32.3. The van der Waals surface area contributed by atoms with E-state index in [1.807, 2.05) is 0 Å².